The number of nitrogens with two attached hydrogens (primary N) is 1. The summed E-state index contributed by atoms with van der Waals surface area (Å²) in [6.45, 7) is 6.89. The van der Waals surface area contributed by atoms with E-state index in [1.54, 1.807) is 4.90 Å². The average Bonchev–Trinajstić information content (AvgIpc) is 2.50. The van der Waals surface area contributed by atoms with Crippen molar-refractivity contribution < 1.29 is 4.79 Å². The number of carbonyl (C=O) groups is 1. The minimum Gasteiger partial charge on any atom is -0.397 e. The van der Waals surface area contributed by atoms with Crippen LogP contribution in [0.5, 0.6) is 0 Å². The Labute approximate surface area is 107 Å². The molecule has 0 spiro atoms. The van der Waals surface area contributed by atoms with Gasteiger partial charge in [0, 0.05) is 12.0 Å². The zero-order valence-corrected chi connectivity index (χ0v) is 11.1. The van der Waals surface area contributed by atoms with Crippen LogP contribution in [0.2, 0.25) is 0 Å². The Bertz CT molecular complexity index is 483. The van der Waals surface area contributed by atoms with Crippen LogP contribution in [0.15, 0.2) is 12.1 Å². The van der Waals surface area contributed by atoms with Crippen molar-refractivity contribution in [1.29, 1.82) is 0 Å². The van der Waals surface area contributed by atoms with Gasteiger partial charge in [-0.25, -0.2) is 0 Å². The summed E-state index contributed by atoms with van der Waals surface area (Å²) in [7, 11) is 0. The topological polar surface area (TPSA) is 46.3 Å². The van der Waals surface area contributed by atoms with Crippen LogP contribution in [0.3, 0.4) is 0 Å². The van der Waals surface area contributed by atoms with Gasteiger partial charge in [0.2, 0.25) is 5.91 Å². The molecule has 0 radical (unpaired) electrons. The minimum absolute atomic E-state index is 0.0111. The molecular weight excluding hydrogens is 236 g/mol. The maximum Gasteiger partial charge on any atom is 0.242 e. The van der Waals surface area contributed by atoms with Gasteiger partial charge in [0.15, 0.2) is 0 Å². The number of benzene rings is 1. The van der Waals surface area contributed by atoms with E-state index in [0.717, 1.165) is 16.8 Å². The molecule has 0 unspecified atom stereocenters. The van der Waals surface area contributed by atoms with Crippen molar-refractivity contribution in [2.75, 3.05) is 23.1 Å². The number of nitrogen functional groups attached to an aromatic ring is 1. The molecule has 1 aromatic carbocycles. The van der Waals surface area contributed by atoms with E-state index < -0.39 is 0 Å². The van der Waals surface area contributed by atoms with Crippen LogP contribution in [0.4, 0.5) is 11.4 Å². The first-order chi connectivity index (χ1) is 7.86. The number of anilines is 2. The number of aryl methyl sites for hydroxylation is 1. The molecule has 1 amide bonds. The van der Waals surface area contributed by atoms with E-state index in [4.69, 9.17) is 17.3 Å². The van der Waals surface area contributed by atoms with Crippen molar-refractivity contribution in [3.05, 3.63) is 23.3 Å². The minimum atomic E-state index is -0.0888. The van der Waals surface area contributed by atoms with Gasteiger partial charge in [-0.05, 0) is 24.1 Å². The van der Waals surface area contributed by atoms with Crippen molar-refractivity contribution in [2.24, 2.45) is 0 Å². The summed E-state index contributed by atoms with van der Waals surface area (Å²) < 4.78 is 0. The molecule has 92 valence electrons. The third-order valence-corrected chi connectivity index (χ3v) is 3.48. The average molecular weight is 253 g/mol. The molecule has 2 N–H and O–H groups in total. The first kappa shape index (κ1) is 12.2. The summed E-state index contributed by atoms with van der Waals surface area (Å²) in [6, 6.07) is 4.00. The van der Waals surface area contributed by atoms with E-state index in [1.165, 1.54) is 0 Å². The largest absolute Gasteiger partial charge is 0.397 e. The number of amides is 1. The smallest absolute Gasteiger partial charge is 0.242 e. The lowest BCUT2D eigenvalue weighted by atomic mass is 9.86. The Balaban J connectivity index is 2.61. The van der Waals surface area contributed by atoms with Crippen LogP contribution < -0.4 is 10.6 Å². The van der Waals surface area contributed by atoms with Crippen LogP contribution >= 0.6 is 11.6 Å². The summed E-state index contributed by atoms with van der Waals surface area (Å²) in [6.07, 6.45) is 0. The molecule has 4 heteroatoms. The Morgan fingerprint density at radius 2 is 2.18 bits per heavy atom. The monoisotopic (exact) mass is 252 g/mol. The normalized spacial score (nSPS) is 17.1. The molecule has 1 heterocycles. The summed E-state index contributed by atoms with van der Waals surface area (Å²) in [5.74, 6) is -0.0999. The second kappa shape index (κ2) is 3.91. The molecule has 1 aromatic rings. The van der Waals surface area contributed by atoms with Crippen LogP contribution in [-0.2, 0) is 10.2 Å². The van der Waals surface area contributed by atoms with Crippen LogP contribution in [-0.4, -0.2) is 18.3 Å². The van der Waals surface area contributed by atoms with Crippen molar-refractivity contribution in [3.63, 3.8) is 0 Å². The van der Waals surface area contributed by atoms with E-state index in [0.29, 0.717) is 12.2 Å². The van der Waals surface area contributed by atoms with Crippen molar-refractivity contribution in [2.45, 2.75) is 26.2 Å². The molecule has 1 aliphatic rings. The molecule has 0 fully saturated rings. The standard InChI is InChI=1S/C13H17ClN2O/c1-8-4-9-12(10(15)5-8)16(11(17)6-14)7-13(9,2)3/h4-5H,6-7,15H2,1-3H3. The van der Waals surface area contributed by atoms with Gasteiger partial charge >= 0.3 is 0 Å². The molecule has 17 heavy (non-hydrogen) atoms. The molecule has 0 aliphatic carbocycles. The second-order valence-corrected chi connectivity index (χ2v) is 5.51. The predicted octanol–water partition coefficient (Wildman–Crippen LogP) is 2.44. The Morgan fingerprint density at radius 1 is 1.53 bits per heavy atom. The van der Waals surface area contributed by atoms with Gasteiger partial charge in [0.1, 0.15) is 5.88 Å². The van der Waals surface area contributed by atoms with Crippen LogP contribution in [0.25, 0.3) is 0 Å². The first-order valence-electron chi connectivity index (χ1n) is 5.64. The van der Waals surface area contributed by atoms with Gasteiger partial charge in [-0.3, -0.25) is 4.79 Å². The number of alkyl halides is 1. The fourth-order valence-electron chi connectivity index (χ4n) is 2.47. The maximum atomic E-state index is 11.8. The second-order valence-electron chi connectivity index (χ2n) is 5.25. The predicted molar refractivity (Wildman–Crippen MR) is 71.7 cm³/mol. The molecule has 3 nitrogen and oxygen atoms in total. The van der Waals surface area contributed by atoms with E-state index >= 15 is 0 Å². The van der Waals surface area contributed by atoms with Crippen LogP contribution in [0.1, 0.15) is 25.0 Å². The van der Waals surface area contributed by atoms with Gasteiger partial charge in [-0.2, -0.15) is 0 Å². The van der Waals surface area contributed by atoms with Crippen LogP contribution in [0, 0.1) is 6.92 Å². The number of halogens is 1. The fourth-order valence-corrected chi connectivity index (χ4v) is 2.61. The Kier molecular flexibility index (Phi) is 2.82. The van der Waals surface area contributed by atoms with E-state index in [9.17, 15) is 4.79 Å². The highest BCUT2D eigenvalue weighted by atomic mass is 35.5. The molecule has 2 rings (SSSR count). The summed E-state index contributed by atoms with van der Waals surface area (Å²) in [5, 5.41) is 0. The summed E-state index contributed by atoms with van der Waals surface area (Å²) in [5.41, 5.74) is 9.72. The third kappa shape index (κ3) is 1.89. The Morgan fingerprint density at radius 3 is 2.76 bits per heavy atom. The molecule has 0 saturated carbocycles. The SMILES string of the molecule is Cc1cc(N)c2c(c1)C(C)(C)CN2C(=O)CCl. The molecule has 0 bridgehead atoms. The number of carbonyl (C=O) groups excluding carboxylic acids is 1. The third-order valence-electron chi connectivity index (χ3n) is 3.25. The van der Waals surface area contributed by atoms with Gasteiger partial charge < -0.3 is 10.6 Å². The number of fused-ring (bicyclic) bond motifs is 1. The van der Waals surface area contributed by atoms with Gasteiger partial charge in [0.05, 0.1) is 11.4 Å². The van der Waals surface area contributed by atoms with Gasteiger partial charge in [-0.15, -0.1) is 11.6 Å². The van der Waals surface area contributed by atoms with Crippen molar-refractivity contribution >= 4 is 28.9 Å². The zero-order chi connectivity index (χ0) is 12.8. The fraction of sp³-hybridized carbons (Fsp3) is 0.462. The van der Waals surface area contributed by atoms with Crippen molar-refractivity contribution in [3.8, 4) is 0 Å². The Hall–Kier alpha value is -1.22. The molecule has 0 saturated heterocycles. The number of hydrogen-bond acceptors (Lipinski definition) is 2. The van der Waals surface area contributed by atoms with E-state index in [1.807, 2.05) is 13.0 Å². The zero-order valence-electron chi connectivity index (χ0n) is 10.4. The quantitative estimate of drug-likeness (QED) is 0.616. The number of hydrogen-bond donors (Lipinski definition) is 1. The van der Waals surface area contributed by atoms with Crippen molar-refractivity contribution in [1.82, 2.24) is 0 Å². The number of rotatable bonds is 1. The molecular formula is C13H17ClN2O. The lowest BCUT2D eigenvalue weighted by Gasteiger charge is -2.20. The highest BCUT2D eigenvalue weighted by Gasteiger charge is 2.39. The highest BCUT2D eigenvalue weighted by Crippen LogP contribution is 2.44. The maximum absolute atomic E-state index is 11.8. The van der Waals surface area contributed by atoms with Gasteiger partial charge in [-0.1, -0.05) is 19.9 Å². The lowest BCUT2D eigenvalue weighted by Crippen LogP contribution is -2.34. The molecule has 0 aromatic heterocycles. The number of nitrogens with zero attached hydrogens (tertiary/aromatic N) is 1. The highest BCUT2D eigenvalue weighted by molar-refractivity contribution is 6.29. The van der Waals surface area contributed by atoms with Gasteiger partial charge in [0.25, 0.3) is 0 Å². The first-order valence-corrected chi connectivity index (χ1v) is 6.17. The van der Waals surface area contributed by atoms with E-state index in [2.05, 4.69) is 19.9 Å². The molecule has 0 atom stereocenters. The lowest BCUT2D eigenvalue weighted by molar-refractivity contribution is -0.116. The van der Waals surface area contributed by atoms with E-state index in [-0.39, 0.29) is 17.2 Å². The molecule has 1 aliphatic heterocycles. The summed E-state index contributed by atoms with van der Waals surface area (Å²) in [4.78, 5) is 13.5. The summed E-state index contributed by atoms with van der Waals surface area (Å²) >= 11 is 5.64.